The van der Waals surface area contributed by atoms with Crippen LogP contribution in [0.5, 0.6) is 0 Å². The summed E-state index contributed by atoms with van der Waals surface area (Å²) in [6.07, 6.45) is 0. The molecule has 0 atom stereocenters. The van der Waals surface area contributed by atoms with Gasteiger partial charge in [0.05, 0.1) is 4.92 Å². The highest BCUT2D eigenvalue weighted by Gasteiger charge is 2.18. The maximum Gasteiger partial charge on any atom is 0.349 e. The fourth-order valence-electron chi connectivity index (χ4n) is 2.96. The maximum absolute atomic E-state index is 12.6. The summed E-state index contributed by atoms with van der Waals surface area (Å²) in [5.41, 5.74) is -0.859. The molecule has 4 aromatic rings. The van der Waals surface area contributed by atoms with Gasteiger partial charge in [-0.25, -0.2) is 4.79 Å². The number of rotatable bonds is 3. The van der Waals surface area contributed by atoms with E-state index < -0.39 is 16.5 Å². The lowest BCUT2D eigenvalue weighted by Crippen LogP contribution is -2.20. The highest BCUT2D eigenvalue weighted by Crippen LogP contribution is 2.28. The summed E-state index contributed by atoms with van der Waals surface area (Å²) in [7, 11) is 0. The van der Waals surface area contributed by atoms with Gasteiger partial charge in [-0.3, -0.25) is 14.9 Å². The predicted molar refractivity (Wildman–Crippen MR) is 106 cm³/mol. The molecule has 0 aliphatic heterocycles. The number of halogens is 1. The van der Waals surface area contributed by atoms with E-state index in [1.165, 1.54) is 18.2 Å². The Morgan fingerprint density at radius 3 is 2.61 bits per heavy atom. The van der Waals surface area contributed by atoms with E-state index in [0.29, 0.717) is 11.0 Å². The first-order valence-electron chi connectivity index (χ1n) is 8.15. The number of hydrogen-bond acceptors (Lipinski definition) is 5. The Labute approximate surface area is 162 Å². The van der Waals surface area contributed by atoms with Crippen LogP contribution in [0, 0.1) is 10.1 Å². The summed E-state index contributed by atoms with van der Waals surface area (Å²) in [6, 6.07) is 16.3. The number of nitro benzene ring substituents is 1. The molecular weight excluding hydrogens is 384 g/mol. The molecule has 1 aromatic heterocycles. The molecule has 8 heteroatoms. The molecule has 4 rings (SSSR count). The number of carbonyl (C=O) groups excluding carboxylic acids is 1. The average molecular weight is 395 g/mol. The monoisotopic (exact) mass is 394 g/mol. The Balaban J connectivity index is 1.78. The Hall–Kier alpha value is -3.71. The zero-order chi connectivity index (χ0) is 19.8. The van der Waals surface area contributed by atoms with Crippen molar-refractivity contribution in [1.82, 2.24) is 0 Å². The minimum atomic E-state index is -0.802. The first-order chi connectivity index (χ1) is 13.4. The van der Waals surface area contributed by atoms with Crippen molar-refractivity contribution in [2.75, 3.05) is 5.32 Å². The fourth-order valence-corrected chi connectivity index (χ4v) is 3.15. The number of anilines is 1. The van der Waals surface area contributed by atoms with Gasteiger partial charge in [0.2, 0.25) is 0 Å². The number of carbonyl (C=O) groups is 1. The summed E-state index contributed by atoms with van der Waals surface area (Å²) in [6.45, 7) is 0. The Morgan fingerprint density at radius 1 is 1.04 bits per heavy atom. The molecule has 0 spiro atoms. The number of nitrogens with zero attached hydrogens (tertiary/aromatic N) is 1. The summed E-state index contributed by atoms with van der Waals surface area (Å²) < 4.78 is 5.30. The summed E-state index contributed by atoms with van der Waals surface area (Å²) in [5, 5.41) is 15.8. The first-order valence-corrected chi connectivity index (χ1v) is 8.53. The number of amides is 1. The standard InChI is InChI=1S/C20H11ClN2O5/c21-16-7-6-12(9-17(16)23(26)27)22-19(24)15-10-14-13-4-2-1-3-11(13)5-8-18(14)28-20(15)25/h1-10H,(H,22,24). The third-order valence-corrected chi connectivity index (χ3v) is 4.61. The van der Waals surface area contributed by atoms with Crippen LogP contribution >= 0.6 is 11.6 Å². The van der Waals surface area contributed by atoms with E-state index in [-0.39, 0.29) is 22.0 Å². The van der Waals surface area contributed by atoms with Crippen LogP contribution in [0.4, 0.5) is 11.4 Å². The zero-order valence-electron chi connectivity index (χ0n) is 14.1. The van der Waals surface area contributed by atoms with Crippen LogP contribution in [-0.2, 0) is 0 Å². The summed E-state index contributed by atoms with van der Waals surface area (Å²) in [5.74, 6) is -0.736. The molecule has 7 nitrogen and oxygen atoms in total. The smallest absolute Gasteiger partial charge is 0.349 e. The lowest BCUT2D eigenvalue weighted by Gasteiger charge is -2.07. The topological polar surface area (TPSA) is 102 Å². The van der Waals surface area contributed by atoms with Gasteiger partial charge in [0.1, 0.15) is 16.2 Å². The Morgan fingerprint density at radius 2 is 1.82 bits per heavy atom. The van der Waals surface area contributed by atoms with Gasteiger partial charge < -0.3 is 9.73 Å². The van der Waals surface area contributed by atoms with Crippen molar-refractivity contribution in [2.24, 2.45) is 0 Å². The van der Waals surface area contributed by atoms with Crippen molar-refractivity contribution >= 4 is 50.6 Å². The van der Waals surface area contributed by atoms with Gasteiger partial charge >= 0.3 is 5.63 Å². The molecule has 1 N–H and O–H groups in total. The highest BCUT2D eigenvalue weighted by atomic mass is 35.5. The SMILES string of the molecule is O=C(Nc1ccc(Cl)c([N+](=O)[O-])c1)c1cc2c(ccc3ccccc32)oc1=O. The number of hydrogen-bond donors (Lipinski definition) is 1. The van der Waals surface area contributed by atoms with E-state index in [0.717, 1.165) is 16.8 Å². The quantitative estimate of drug-likeness (QED) is 0.233. The van der Waals surface area contributed by atoms with Crippen LogP contribution in [0.25, 0.3) is 21.7 Å². The van der Waals surface area contributed by atoms with E-state index >= 15 is 0 Å². The Bertz CT molecular complexity index is 1330. The van der Waals surface area contributed by atoms with E-state index in [2.05, 4.69) is 5.32 Å². The summed E-state index contributed by atoms with van der Waals surface area (Å²) in [4.78, 5) is 35.2. The molecule has 0 saturated carbocycles. The minimum absolute atomic E-state index is 0.0558. The molecule has 3 aromatic carbocycles. The van der Waals surface area contributed by atoms with Crippen LogP contribution in [0.1, 0.15) is 10.4 Å². The van der Waals surface area contributed by atoms with Gasteiger partial charge in [-0.2, -0.15) is 0 Å². The van der Waals surface area contributed by atoms with Gasteiger partial charge in [0, 0.05) is 17.1 Å². The maximum atomic E-state index is 12.6. The predicted octanol–water partition coefficient (Wildman–Crippen LogP) is 4.76. The molecule has 138 valence electrons. The lowest BCUT2D eigenvalue weighted by atomic mass is 10.0. The number of nitrogens with one attached hydrogen (secondary N) is 1. The van der Waals surface area contributed by atoms with E-state index in [1.54, 1.807) is 6.07 Å². The van der Waals surface area contributed by atoms with Gasteiger partial charge in [0.25, 0.3) is 11.6 Å². The molecule has 0 aliphatic rings. The number of fused-ring (bicyclic) bond motifs is 3. The van der Waals surface area contributed by atoms with Crippen LogP contribution in [-0.4, -0.2) is 10.8 Å². The number of nitro groups is 1. The van der Waals surface area contributed by atoms with Gasteiger partial charge in [-0.15, -0.1) is 0 Å². The highest BCUT2D eigenvalue weighted by molar-refractivity contribution is 6.32. The molecule has 0 unspecified atom stereocenters. The summed E-state index contributed by atoms with van der Waals surface area (Å²) >= 11 is 5.77. The second-order valence-corrected chi connectivity index (χ2v) is 6.43. The van der Waals surface area contributed by atoms with Crippen molar-refractivity contribution in [3.63, 3.8) is 0 Å². The van der Waals surface area contributed by atoms with Crippen molar-refractivity contribution in [3.8, 4) is 0 Å². The van der Waals surface area contributed by atoms with Gasteiger partial charge in [0.15, 0.2) is 0 Å². The van der Waals surface area contributed by atoms with Crippen LogP contribution < -0.4 is 10.9 Å². The van der Waals surface area contributed by atoms with Crippen LogP contribution in [0.3, 0.4) is 0 Å². The zero-order valence-corrected chi connectivity index (χ0v) is 14.9. The van der Waals surface area contributed by atoms with Crippen molar-refractivity contribution in [3.05, 3.63) is 91.8 Å². The van der Waals surface area contributed by atoms with Gasteiger partial charge in [-0.05, 0) is 35.0 Å². The third kappa shape index (κ3) is 3.08. The third-order valence-electron chi connectivity index (χ3n) is 4.29. The normalized spacial score (nSPS) is 10.9. The lowest BCUT2D eigenvalue weighted by molar-refractivity contribution is -0.384. The van der Waals surface area contributed by atoms with Crippen molar-refractivity contribution in [1.29, 1.82) is 0 Å². The molecule has 0 fully saturated rings. The van der Waals surface area contributed by atoms with Gasteiger partial charge in [-0.1, -0.05) is 41.9 Å². The fraction of sp³-hybridized carbons (Fsp3) is 0. The molecule has 0 bridgehead atoms. The Kier molecular flexibility index (Phi) is 4.29. The number of benzene rings is 3. The van der Waals surface area contributed by atoms with E-state index in [9.17, 15) is 19.7 Å². The molecule has 28 heavy (non-hydrogen) atoms. The molecule has 1 amide bonds. The van der Waals surface area contributed by atoms with Crippen molar-refractivity contribution < 1.29 is 14.1 Å². The molecular formula is C20H11ClN2O5. The van der Waals surface area contributed by atoms with E-state index in [4.69, 9.17) is 16.0 Å². The van der Waals surface area contributed by atoms with Crippen molar-refractivity contribution in [2.45, 2.75) is 0 Å². The largest absolute Gasteiger partial charge is 0.422 e. The molecule has 0 saturated heterocycles. The molecule has 0 aliphatic carbocycles. The second kappa shape index (κ2) is 6.79. The molecule has 1 heterocycles. The average Bonchev–Trinajstić information content (AvgIpc) is 2.68. The van der Waals surface area contributed by atoms with Crippen LogP contribution in [0.15, 0.2) is 69.9 Å². The minimum Gasteiger partial charge on any atom is -0.422 e. The van der Waals surface area contributed by atoms with Crippen LogP contribution in [0.2, 0.25) is 5.02 Å². The first kappa shape index (κ1) is 17.7. The van der Waals surface area contributed by atoms with E-state index in [1.807, 2.05) is 30.3 Å². The second-order valence-electron chi connectivity index (χ2n) is 6.02. The molecule has 0 radical (unpaired) electrons.